The van der Waals surface area contributed by atoms with Gasteiger partial charge < -0.3 is 9.47 Å². The summed E-state index contributed by atoms with van der Waals surface area (Å²) < 4.78 is 9.85. The molecule has 0 aliphatic rings. The molecule has 0 radical (unpaired) electrons. The van der Waals surface area contributed by atoms with Crippen molar-refractivity contribution in [1.82, 2.24) is 0 Å². The third-order valence-corrected chi connectivity index (χ3v) is 2.56. The molecule has 0 amide bonds. The Morgan fingerprint density at radius 3 is 2.60 bits per heavy atom. The van der Waals surface area contributed by atoms with E-state index in [2.05, 4.69) is 0 Å². The van der Waals surface area contributed by atoms with Crippen LogP contribution in [0, 0.1) is 0 Å². The van der Waals surface area contributed by atoms with E-state index in [0.29, 0.717) is 10.8 Å². The first-order valence-electron chi connectivity index (χ1n) is 4.31. The Morgan fingerprint density at radius 1 is 1.40 bits per heavy atom. The van der Waals surface area contributed by atoms with Crippen molar-refractivity contribution in [3.8, 4) is 5.75 Å². The Balaban J connectivity index is 3.23. The molecule has 0 fully saturated rings. The minimum atomic E-state index is -0.540. The summed E-state index contributed by atoms with van der Waals surface area (Å²) in [4.78, 5) is 11.6. The van der Waals surface area contributed by atoms with Crippen molar-refractivity contribution in [2.24, 2.45) is 0 Å². The molecule has 15 heavy (non-hydrogen) atoms. The first kappa shape index (κ1) is 12.1. The quantitative estimate of drug-likeness (QED) is 0.771. The van der Waals surface area contributed by atoms with Gasteiger partial charge in [-0.1, -0.05) is 23.2 Å². The average Bonchev–Trinajstić information content (AvgIpc) is 2.22. The van der Waals surface area contributed by atoms with Gasteiger partial charge >= 0.3 is 5.97 Å². The average molecular weight is 249 g/mol. The molecule has 0 unspecified atom stereocenters. The first-order chi connectivity index (χ1) is 7.11. The van der Waals surface area contributed by atoms with E-state index in [1.54, 1.807) is 19.1 Å². The van der Waals surface area contributed by atoms with Crippen molar-refractivity contribution >= 4 is 29.2 Å². The predicted octanol–water partition coefficient (Wildman–Crippen LogP) is 3.18. The van der Waals surface area contributed by atoms with Gasteiger partial charge in [-0.2, -0.15) is 0 Å². The van der Waals surface area contributed by atoms with E-state index < -0.39 is 5.97 Å². The summed E-state index contributed by atoms with van der Waals surface area (Å²) >= 11 is 11.7. The Kier molecular flexibility index (Phi) is 4.24. The lowest BCUT2D eigenvalue weighted by atomic mass is 10.2. The molecule has 0 N–H and O–H groups in total. The fourth-order valence-corrected chi connectivity index (χ4v) is 1.49. The number of hydrogen-bond donors (Lipinski definition) is 0. The normalized spacial score (nSPS) is 9.87. The minimum Gasteiger partial charge on any atom is -0.496 e. The van der Waals surface area contributed by atoms with Crippen LogP contribution in [0.15, 0.2) is 12.1 Å². The highest BCUT2D eigenvalue weighted by Crippen LogP contribution is 2.33. The number of halogens is 2. The highest BCUT2D eigenvalue weighted by molar-refractivity contribution is 6.44. The molecular formula is C10H10Cl2O3. The molecule has 0 bridgehead atoms. The Bertz CT molecular complexity index is 377. The number of benzene rings is 1. The standard InChI is InChI=1S/C10H10Cl2O3/c1-3-15-10(13)8-7(14-2)5-4-6(11)9(8)12/h4-5H,3H2,1-2H3. The number of carbonyl (C=O) groups excluding carboxylic acids is 1. The lowest BCUT2D eigenvalue weighted by molar-refractivity contribution is 0.0523. The molecule has 82 valence electrons. The Hall–Kier alpha value is -0.930. The molecule has 0 atom stereocenters. The van der Waals surface area contributed by atoms with Gasteiger partial charge in [-0.3, -0.25) is 0 Å². The van der Waals surface area contributed by atoms with Gasteiger partial charge in [0.15, 0.2) is 0 Å². The van der Waals surface area contributed by atoms with Crippen molar-refractivity contribution in [1.29, 1.82) is 0 Å². The third kappa shape index (κ3) is 2.55. The highest BCUT2D eigenvalue weighted by Gasteiger charge is 2.19. The zero-order valence-corrected chi connectivity index (χ0v) is 9.85. The van der Waals surface area contributed by atoms with E-state index in [1.165, 1.54) is 7.11 Å². The van der Waals surface area contributed by atoms with E-state index in [9.17, 15) is 4.79 Å². The minimum absolute atomic E-state index is 0.148. The van der Waals surface area contributed by atoms with Crippen LogP contribution in [0.25, 0.3) is 0 Å². The summed E-state index contributed by atoms with van der Waals surface area (Å²) in [6, 6.07) is 3.13. The van der Waals surface area contributed by atoms with Crippen LogP contribution in [0.4, 0.5) is 0 Å². The largest absolute Gasteiger partial charge is 0.496 e. The van der Waals surface area contributed by atoms with Crippen molar-refractivity contribution in [2.45, 2.75) is 6.92 Å². The molecular weight excluding hydrogens is 239 g/mol. The fourth-order valence-electron chi connectivity index (χ4n) is 1.10. The van der Waals surface area contributed by atoms with Crippen molar-refractivity contribution < 1.29 is 14.3 Å². The molecule has 0 saturated heterocycles. The van der Waals surface area contributed by atoms with Crippen LogP contribution in [0.2, 0.25) is 10.0 Å². The van der Waals surface area contributed by atoms with Gasteiger partial charge in [0.2, 0.25) is 0 Å². The molecule has 0 aliphatic carbocycles. The zero-order chi connectivity index (χ0) is 11.4. The topological polar surface area (TPSA) is 35.5 Å². The zero-order valence-electron chi connectivity index (χ0n) is 8.34. The summed E-state index contributed by atoms with van der Waals surface area (Å²) in [5.74, 6) is -0.190. The van der Waals surface area contributed by atoms with Gasteiger partial charge in [0, 0.05) is 0 Å². The second-order valence-electron chi connectivity index (χ2n) is 2.66. The second kappa shape index (κ2) is 5.24. The van der Waals surface area contributed by atoms with Crippen LogP contribution in [-0.4, -0.2) is 19.7 Å². The number of rotatable bonds is 3. The summed E-state index contributed by atoms with van der Waals surface area (Å²) in [6.07, 6.45) is 0. The molecule has 3 nitrogen and oxygen atoms in total. The molecule has 0 aliphatic heterocycles. The van der Waals surface area contributed by atoms with Crippen molar-refractivity contribution in [3.05, 3.63) is 27.7 Å². The Labute approximate surface area is 97.9 Å². The van der Waals surface area contributed by atoms with Crippen molar-refractivity contribution in [2.75, 3.05) is 13.7 Å². The summed E-state index contributed by atoms with van der Waals surface area (Å²) in [7, 11) is 1.45. The third-order valence-electron chi connectivity index (χ3n) is 1.76. The van der Waals surface area contributed by atoms with E-state index in [-0.39, 0.29) is 17.2 Å². The molecule has 0 spiro atoms. The maximum atomic E-state index is 11.6. The molecule has 0 heterocycles. The van der Waals surface area contributed by atoms with E-state index in [1.807, 2.05) is 0 Å². The van der Waals surface area contributed by atoms with Crippen molar-refractivity contribution in [3.63, 3.8) is 0 Å². The number of hydrogen-bond acceptors (Lipinski definition) is 3. The van der Waals surface area contributed by atoms with E-state index in [4.69, 9.17) is 32.7 Å². The molecule has 0 saturated carbocycles. The smallest absolute Gasteiger partial charge is 0.343 e. The molecule has 1 aromatic carbocycles. The maximum Gasteiger partial charge on any atom is 0.343 e. The summed E-state index contributed by atoms with van der Waals surface area (Å²) in [6.45, 7) is 1.98. The molecule has 1 aromatic rings. The van der Waals surface area contributed by atoms with Crippen LogP contribution >= 0.6 is 23.2 Å². The SMILES string of the molecule is CCOC(=O)c1c(OC)ccc(Cl)c1Cl. The van der Waals surface area contributed by atoms with Gasteiger partial charge in [0.25, 0.3) is 0 Å². The first-order valence-corrected chi connectivity index (χ1v) is 5.06. The Morgan fingerprint density at radius 2 is 2.07 bits per heavy atom. The van der Waals surface area contributed by atoms with Crippen LogP contribution in [0.5, 0.6) is 5.75 Å². The van der Waals surface area contributed by atoms with Crippen LogP contribution in [0.1, 0.15) is 17.3 Å². The van der Waals surface area contributed by atoms with Crippen LogP contribution in [0.3, 0.4) is 0 Å². The predicted molar refractivity (Wildman–Crippen MR) is 59.0 cm³/mol. The van der Waals surface area contributed by atoms with E-state index in [0.717, 1.165) is 0 Å². The molecule has 1 rings (SSSR count). The lowest BCUT2D eigenvalue weighted by Gasteiger charge is -2.10. The fraction of sp³-hybridized carbons (Fsp3) is 0.300. The summed E-state index contributed by atoms with van der Waals surface area (Å²) in [5.41, 5.74) is 0.161. The molecule has 0 aromatic heterocycles. The van der Waals surface area contributed by atoms with Gasteiger partial charge in [0.05, 0.1) is 23.8 Å². The molecule has 5 heteroatoms. The second-order valence-corrected chi connectivity index (χ2v) is 3.44. The van der Waals surface area contributed by atoms with Gasteiger partial charge in [-0.05, 0) is 19.1 Å². The van der Waals surface area contributed by atoms with E-state index >= 15 is 0 Å². The van der Waals surface area contributed by atoms with Gasteiger partial charge in [-0.25, -0.2) is 4.79 Å². The highest BCUT2D eigenvalue weighted by atomic mass is 35.5. The number of methoxy groups -OCH3 is 1. The monoisotopic (exact) mass is 248 g/mol. The number of esters is 1. The van der Waals surface area contributed by atoms with Gasteiger partial charge in [0.1, 0.15) is 11.3 Å². The van der Waals surface area contributed by atoms with Gasteiger partial charge in [-0.15, -0.1) is 0 Å². The number of carbonyl (C=O) groups is 1. The van der Waals surface area contributed by atoms with Crippen LogP contribution < -0.4 is 4.74 Å². The number of ether oxygens (including phenoxy) is 2. The maximum absolute atomic E-state index is 11.6. The lowest BCUT2D eigenvalue weighted by Crippen LogP contribution is -2.07. The van der Waals surface area contributed by atoms with Crippen LogP contribution in [-0.2, 0) is 4.74 Å². The summed E-state index contributed by atoms with van der Waals surface area (Å²) in [5, 5.41) is 0.440.